The summed E-state index contributed by atoms with van der Waals surface area (Å²) in [5, 5.41) is 18.9. The van der Waals surface area contributed by atoms with Crippen LogP contribution in [0.5, 0.6) is 5.75 Å². The summed E-state index contributed by atoms with van der Waals surface area (Å²) in [6.07, 6.45) is 19.9. The van der Waals surface area contributed by atoms with Gasteiger partial charge in [-0.2, -0.15) is 0 Å². The monoisotopic (exact) mass is 344 g/mol. The Hall–Kier alpha value is -2.03. The number of hydrogen-bond acceptors (Lipinski definition) is 2. The fourth-order valence-corrected chi connectivity index (χ4v) is 2.82. The molecule has 138 valence electrons. The van der Waals surface area contributed by atoms with Gasteiger partial charge in [-0.05, 0) is 50.2 Å². The predicted molar refractivity (Wildman–Crippen MR) is 104 cm³/mol. The van der Waals surface area contributed by atoms with Crippen LogP contribution in [0.25, 0.3) is 0 Å². The number of hydrogen-bond donors (Lipinski definition) is 2. The molecule has 1 rings (SSSR count). The van der Waals surface area contributed by atoms with Gasteiger partial charge in [0.1, 0.15) is 11.3 Å². The molecule has 0 heterocycles. The molecule has 3 heteroatoms. The zero-order chi connectivity index (χ0) is 18.3. The normalized spacial score (nSPS) is 11.6. The molecule has 0 radical (unpaired) electrons. The second-order valence-corrected chi connectivity index (χ2v) is 6.39. The molecule has 1 aromatic carbocycles. The summed E-state index contributed by atoms with van der Waals surface area (Å²) in [4.78, 5) is 11.2. The number of carboxylic acids is 1. The third kappa shape index (κ3) is 9.13. The number of phenols is 1. The van der Waals surface area contributed by atoms with Crippen molar-refractivity contribution in [2.75, 3.05) is 0 Å². The van der Waals surface area contributed by atoms with Gasteiger partial charge in [0.25, 0.3) is 0 Å². The average Bonchev–Trinajstić information content (AvgIpc) is 2.58. The van der Waals surface area contributed by atoms with Gasteiger partial charge in [-0.15, -0.1) is 0 Å². The van der Waals surface area contributed by atoms with E-state index >= 15 is 0 Å². The van der Waals surface area contributed by atoms with E-state index < -0.39 is 5.97 Å². The van der Waals surface area contributed by atoms with Gasteiger partial charge in [0.15, 0.2) is 0 Å². The molecule has 25 heavy (non-hydrogen) atoms. The number of rotatable bonds is 13. The van der Waals surface area contributed by atoms with Gasteiger partial charge in [-0.25, -0.2) is 4.79 Å². The third-order valence-electron chi connectivity index (χ3n) is 4.22. The maximum Gasteiger partial charge on any atom is 0.339 e. The summed E-state index contributed by atoms with van der Waals surface area (Å²) in [7, 11) is 0. The fraction of sp³-hybridized carbons (Fsp3) is 0.500. The Balaban J connectivity index is 2.11. The molecule has 0 saturated heterocycles. The van der Waals surface area contributed by atoms with Gasteiger partial charge in [0.2, 0.25) is 0 Å². The van der Waals surface area contributed by atoms with Crippen LogP contribution in [0.1, 0.15) is 80.6 Å². The molecule has 3 nitrogen and oxygen atoms in total. The van der Waals surface area contributed by atoms with Crippen LogP contribution in [0.3, 0.4) is 0 Å². The van der Waals surface area contributed by atoms with Crippen molar-refractivity contribution in [3.05, 3.63) is 53.6 Å². The van der Waals surface area contributed by atoms with E-state index in [0.29, 0.717) is 6.42 Å². The highest BCUT2D eigenvalue weighted by atomic mass is 16.4. The number of unbranched alkanes of at least 4 members (excludes halogenated alkanes) is 6. The Morgan fingerprint density at radius 1 is 0.960 bits per heavy atom. The molecule has 0 atom stereocenters. The van der Waals surface area contributed by atoms with E-state index in [2.05, 4.69) is 31.2 Å². The van der Waals surface area contributed by atoms with E-state index in [1.54, 1.807) is 12.1 Å². The molecule has 0 spiro atoms. The number of aryl methyl sites for hydroxylation is 1. The zero-order valence-corrected chi connectivity index (χ0v) is 15.4. The summed E-state index contributed by atoms with van der Waals surface area (Å²) in [5.74, 6) is -1.19. The highest BCUT2D eigenvalue weighted by molar-refractivity contribution is 5.92. The lowest BCUT2D eigenvalue weighted by Crippen LogP contribution is -2.03. The van der Waals surface area contributed by atoms with Gasteiger partial charge in [0.05, 0.1) is 0 Å². The van der Waals surface area contributed by atoms with Crippen LogP contribution >= 0.6 is 0 Å². The number of carbonyl (C=O) groups is 1. The van der Waals surface area contributed by atoms with Crippen LogP contribution in [0.4, 0.5) is 0 Å². The summed E-state index contributed by atoms with van der Waals surface area (Å²) >= 11 is 0. The fourth-order valence-electron chi connectivity index (χ4n) is 2.82. The van der Waals surface area contributed by atoms with Crippen molar-refractivity contribution in [1.82, 2.24) is 0 Å². The van der Waals surface area contributed by atoms with Crippen molar-refractivity contribution in [2.24, 2.45) is 0 Å². The van der Waals surface area contributed by atoms with Crippen LogP contribution < -0.4 is 0 Å². The Morgan fingerprint density at radius 3 is 2.36 bits per heavy atom. The predicted octanol–water partition coefficient (Wildman–Crippen LogP) is 6.28. The van der Waals surface area contributed by atoms with E-state index in [1.807, 2.05) is 0 Å². The highest BCUT2D eigenvalue weighted by Gasteiger charge is 2.14. The third-order valence-corrected chi connectivity index (χ3v) is 4.22. The van der Waals surface area contributed by atoms with Crippen molar-refractivity contribution in [3.8, 4) is 5.75 Å². The van der Waals surface area contributed by atoms with Crippen LogP contribution in [0, 0.1) is 0 Å². The van der Waals surface area contributed by atoms with Crippen LogP contribution in [-0.2, 0) is 6.42 Å². The van der Waals surface area contributed by atoms with Gasteiger partial charge < -0.3 is 10.2 Å². The zero-order valence-electron chi connectivity index (χ0n) is 15.4. The van der Waals surface area contributed by atoms with Crippen LogP contribution in [0.2, 0.25) is 0 Å². The molecule has 0 unspecified atom stereocenters. The molecule has 1 aromatic rings. The molecule has 0 saturated carbocycles. The first-order valence-electron chi connectivity index (χ1n) is 9.51. The Bertz CT molecular complexity index is 558. The number of aromatic carboxylic acids is 1. The van der Waals surface area contributed by atoms with Gasteiger partial charge in [0, 0.05) is 0 Å². The second kappa shape index (κ2) is 13.3. The largest absolute Gasteiger partial charge is 0.507 e. The minimum atomic E-state index is -1.05. The molecule has 0 aliphatic carbocycles. The van der Waals surface area contributed by atoms with Crippen molar-refractivity contribution >= 4 is 5.97 Å². The number of carboxylic acid groups (broad SMARTS) is 1. The minimum absolute atomic E-state index is 0.0561. The topological polar surface area (TPSA) is 57.5 Å². The van der Waals surface area contributed by atoms with E-state index in [9.17, 15) is 15.0 Å². The maximum atomic E-state index is 11.2. The Morgan fingerprint density at radius 2 is 1.64 bits per heavy atom. The van der Waals surface area contributed by atoms with Gasteiger partial charge in [-0.1, -0.05) is 69.0 Å². The Kier molecular flexibility index (Phi) is 11.2. The van der Waals surface area contributed by atoms with Crippen LogP contribution in [0.15, 0.2) is 42.5 Å². The molecule has 0 aliphatic rings. The summed E-state index contributed by atoms with van der Waals surface area (Å²) in [6.45, 7) is 2.19. The molecule has 0 aromatic heterocycles. The lowest BCUT2D eigenvalue weighted by Gasteiger charge is -2.07. The van der Waals surface area contributed by atoms with E-state index in [4.69, 9.17) is 0 Å². The molecule has 0 aliphatic heterocycles. The van der Waals surface area contributed by atoms with E-state index in [-0.39, 0.29) is 11.3 Å². The molecular weight excluding hydrogens is 312 g/mol. The van der Waals surface area contributed by atoms with E-state index in [1.165, 1.54) is 38.2 Å². The SMILES string of the molecule is CCCC=CCC=CCCCCCCCc1cccc(O)c1C(=O)O. The smallest absolute Gasteiger partial charge is 0.339 e. The first-order chi connectivity index (χ1) is 12.2. The van der Waals surface area contributed by atoms with Crippen molar-refractivity contribution in [3.63, 3.8) is 0 Å². The summed E-state index contributed by atoms with van der Waals surface area (Å²) < 4.78 is 0. The summed E-state index contributed by atoms with van der Waals surface area (Å²) in [5.41, 5.74) is 0.784. The molecular formula is C22H32O3. The first kappa shape index (κ1) is 21.0. The molecule has 0 fully saturated rings. The number of allylic oxidation sites excluding steroid dienone is 4. The van der Waals surface area contributed by atoms with Crippen molar-refractivity contribution in [1.29, 1.82) is 0 Å². The van der Waals surface area contributed by atoms with Crippen molar-refractivity contribution < 1.29 is 15.0 Å². The van der Waals surface area contributed by atoms with Crippen molar-refractivity contribution in [2.45, 2.75) is 71.1 Å². The molecule has 0 bridgehead atoms. The Labute approximate surface area is 152 Å². The molecule has 2 N–H and O–H groups in total. The maximum absolute atomic E-state index is 11.2. The standard InChI is InChI=1S/C22H32O3/c1-2-3-4-5-6-7-8-9-10-11-12-13-14-16-19-17-15-18-20(23)21(19)22(24)25/h4-5,7-8,15,17-18,23H,2-3,6,9-14,16H2,1H3,(H,24,25). The first-order valence-corrected chi connectivity index (χ1v) is 9.51. The average molecular weight is 344 g/mol. The lowest BCUT2D eigenvalue weighted by atomic mass is 9.99. The van der Waals surface area contributed by atoms with Gasteiger partial charge >= 0.3 is 5.97 Å². The lowest BCUT2D eigenvalue weighted by molar-refractivity contribution is 0.0692. The second-order valence-electron chi connectivity index (χ2n) is 6.39. The highest BCUT2D eigenvalue weighted by Crippen LogP contribution is 2.23. The molecule has 0 amide bonds. The quantitative estimate of drug-likeness (QED) is 0.327. The van der Waals surface area contributed by atoms with Crippen LogP contribution in [-0.4, -0.2) is 16.2 Å². The number of aromatic hydroxyl groups is 1. The van der Waals surface area contributed by atoms with E-state index in [0.717, 1.165) is 31.2 Å². The number of benzene rings is 1. The minimum Gasteiger partial charge on any atom is -0.507 e. The van der Waals surface area contributed by atoms with Gasteiger partial charge in [-0.3, -0.25) is 0 Å². The summed E-state index contributed by atoms with van der Waals surface area (Å²) in [6, 6.07) is 4.93.